The summed E-state index contributed by atoms with van der Waals surface area (Å²) in [6.07, 6.45) is 4.80. The largest absolute Gasteiger partial charge is 0.338 e. The SMILES string of the molecule is CC1(C)CCCN(C(=O)Cc2ccc3c(c2)CCCC3=O)C1CN1CCC(F)C1. The highest BCUT2D eigenvalue weighted by molar-refractivity contribution is 5.98. The lowest BCUT2D eigenvalue weighted by Crippen LogP contribution is -2.57. The van der Waals surface area contributed by atoms with Crippen LogP contribution in [-0.4, -0.2) is 59.9 Å². The van der Waals surface area contributed by atoms with Gasteiger partial charge >= 0.3 is 0 Å². The van der Waals surface area contributed by atoms with E-state index in [0.29, 0.717) is 25.8 Å². The number of carbonyl (C=O) groups is 2. The maximum absolute atomic E-state index is 13.7. The molecule has 1 amide bonds. The summed E-state index contributed by atoms with van der Waals surface area (Å²) in [5, 5.41) is 0. The number of alkyl halides is 1. The molecular weight excluding hydrogens is 367 g/mol. The second kappa shape index (κ2) is 8.17. The van der Waals surface area contributed by atoms with Gasteiger partial charge in [0.1, 0.15) is 6.17 Å². The van der Waals surface area contributed by atoms with Gasteiger partial charge in [-0.25, -0.2) is 4.39 Å². The quantitative estimate of drug-likeness (QED) is 0.772. The first kappa shape index (κ1) is 20.5. The van der Waals surface area contributed by atoms with E-state index in [4.69, 9.17) is 0 Å². The van der Waals surface area contributed by atoms with Gasteiger partial charge in [0.2, 0.25) is 5.91 Å². The van der Waals surface area contributed by atoms with Crippen molar-refractivity contribution in [3.8, 4) is 0 Å². The van der Waals surface area contributed by atoms with Gasteiger partial charge in [-0.05, 0) is 48.6 Å². The fraction of sp³-hybridized carbons (Fsp3) is 0.667. The van der Waals surface area contributed by atoms with Crippen molar-refractivity contribution < 1.29 is 14.0 Å². The molecule has 4 rings (SSSR count). The number of halogens is 1. The van der Waals surface area contributed by atoms with Gasteiger partial charge in [-0.15, -0.1) is 0 Å². The van der Waals surface area contributed by atoms with Gasteiger partial charge < -0.3 is 4.90 Å². The van der Waals surface area contributed by atoms with Crippen LogP contribution in [0.25, 0.3) is 0 Å². The molecule has 0 aromatic heterocycles. The zero-order chi connectivity index (χ0) is 20.6. The fourth-order valence-corrected chi connectivity index (χ4v) is 5.38. The van der Waals surface area contributed by atoms with E-state index in [1.165, 1.54) is 0 Å². The minimum Gasteiger partial charge on any atom is -0.338 e. The Bertz CT molecular complexity index is 791. The number of fused-ring (bicyclic) bond motifs is 1. The summed E-state index contributed by atoms with van der Waals surface area (Å²) in [5.41, 5.74) is 2.95. The summed E-state index contributed by atoms with van der Waals surface area (Å²) in [5.74, 6) is 0.375. The number of piperidine rings is 1. The molecule has 5 heteroatoms. The Labute approximate surface area is 173 Å². The van der Waals surface area contributed by atoms with Crippen LogP contribution in [0.3, 0.4) is 0 Å². The molecule has 4 nitrogen and oxygen atoms in total. The zero-order valence-electron chi connectivity index (χ0n) is 17.8. The van der Waals surface area contributed by atoms with Crippen molar-refractivity contribution in [1.29, 1.82) is 0 Å². The minimum absolute atomic E-state index is 0.0323. The first-order valence-corrected chi connectivity index (χ1v) is 11.1. The van der Waals surface area contributed by atoms with Gasteiger partial charge in [0, 0.05) is 44.2 Å². The highest BCUT2D eigenvalue weighted by Crippen LogP contribution is 2.36. The standard InChI is InChI=1S/C24H33FN2O2/c1-24(2)10-4-11-27(22(24)16-26-12-9-19(25)15-26)23(29)14-17-7-8-20-18(13-17)5-3-6-21(20)28/h7-8,13,19,22H,3-6,9-12,14-16H2,1-2H3. The molecule has 0 bridgehead atoms. The summed E-state index contributed by atoms with van der Waals surface area (Å²) >= 11 is 0. The number of amides is 1. The van der Waals surface area contributed by atoms with Crippen LogP contribution in [0.5, 0.6) is 0 Å². The van der Waals surface area contributed by atoms with Gasteiger partial charge in [-0.3, -0.25) is 14.5 Å². The second-order valence-corrected chi connectivity index (χ2v) is 9.79. The van der Waals surface area contributed by atoms with Crippen LogP contribution >= 0.6 is 0 Å². The molecule has 1 aromatic carbocycles. The third-order valence-electron chi connectivity index (χ3n) is 7.14. The highest BCUT2D eigenvalue weighted by atomic mass is 19.1. The van der Waals surface area contributed by atoms with Crippen LogP contribution in [0.1, 0.15) is 67.4 Å². The van der Waals surface area contributed by atoms with Crippen molar-refractivity contribution in [2.45, 2.75) is 71.0 Å². The molecule has 2 saturated heterocycles. The molecule has 0 spiro atoms. The molecule has 3 aliphatic rings. The Morgan fingerprint density at radius 3 is 2.79 bits per heavy atom. The Morgan fingerprint density at radius 2 is 2.03 bits per heavy atom. The third kappa shape index (κ3) is 4.40. The van der Waals surface area contributed by atoms with Crippen molar-refractivity contribution in [2.75, 3.05) is 26.2 Å². The first-order chi connectivity index (χ1) is 13.8. The lowest BCUT2D eigenvalue weighted by atomic mass is 9.76. The number of likely N-dealkylation sites (tertiary alicyclic amines) is 2. The fourth-order valence-electron chi connectivity index (χ4n) is 5.38. The molecule has 2 heterocycles. The van der Waals surface area contributed by atoms with Crippen molar-refractivity contribution in [2.24, 2.45) is 5.41 Å². The van der Waals surface area contributed by atoms with E-state index in [0.717, 1.165) is 62.0 Å². The van der Waals surface area contributed by atoms with E-state index in [9.17, 15) is 14.0 Å². The molecular formula is C24H33FN2O2. The van der Waals surface area contributed by atoms with Gasteiger partial charge in [0.05, 0.1) is 6.42 Å². The lowest BCUT2D eigenvalue weighted by molar-refractivity contribution is -0.138. The van der Waals surface area contributed by atoms with Crippen molar-refractivity contribution >= 4 is 11.7 Å². The smallest absolute Gasteiger partial charge is 0.227 e. The summed E-state index contributed by atoms with van der Waals surface area (Å²) < 4.78 is 13.7. The number of aryl methyl sites for hydroxylation is 1. The van der Waals surface area contributed by atoms with Gasteiger partial charge in [0.15, 0.2) is 5.78 Å². The topological polar surface area (TPSA) is 40.6 Å². The van der Waals surface area contributed by atoms with Crippen LogP contribution in [0.4, 0.5) is 4.39 Å². The van der Waals surface area contributed by atoms with Crippen LogP contribution < -0.4 is 0 Å². The second-order valence-electron chi connectivity index (χ2n) is 9.79. The van der Waals surface area contributed by atoms with E-state index < -0.39 is 6.17 Å². The predicted molar refractivity (Wildman–Crippen MR) is 112 cm³/mol. The molecule has 2 unspecified atom stereocenters. The zero-order valence-corrected chi connectivity index (χ0v) is 17.8. The number of ketones is 1. The number of carbonyl (C=O) groups excluding carboxylic acids is 2. The molecule has 2 aliphatic heterocycles. The molecule has 0 radical (unpaired) electrons. The van der Waals surface area contributed by atoms with E-state index in [2.05, 4.69) is 29.7 Å². The van der Waals surface area contributed by atoms with Gasteiger partial charge in [-0.1, -0.05) is 32.0 Å². The van der Waals surface area contributed by atoms with Crippen molar-refractivity contribution in [1.82, 2.24) is 9.80 Å². The normalized spacial score (nSPS) is 27.1. The number of rotatable bonds is 4. The first-order valence-electron chi connectivity index (χ1n) is 11.1. The molecule has 0 N–H and O–H groups in total. The van der Waals surface area contributed by atoms with Gasteiger partial charge in [-0.2, -0.15) is 0 Å². The number of benzene rings is 1. The summed E-state index contributed by atoms with van der Waals surface area (Å²) in [7, 11) is 0. The van der Waals surface area contributed by atoms with Crippen LogP contribution in [0.15, 0.2) is 18.2 Å². The molecule has 2 fully saturated rings. The monoisotopic (exact) mass is 400 g/mol. The molecule has 1 aliphatic carbocycles. The summed E-state index contributed by atoms with van der Waals surface area (Å²) in [6.45, 7) is 7.30. The van der Waals surface area contributed by atoms with E-state index in [-0.39, 0.29) is 23.1 Å². The predicted octanol–water partition coefficient (Wildman–Crippen LogP) is 3.81. The van der Waals surface area contributed by atoms with E-state index in [1.54, 1.807) is 0 Å². The van der Waals surface area contributed by atoms with E-state index in [1.807, 2.05) is 12.1 Å². The Kier molecular flexibility index (Phi) is 5.78. The maximum atomic E-state index is 13.7. The van der Waals surface area contributed by atoms with Crippen molar-refractivity contribution in [3.63, 3.8) is 0 Å². The summed E-state index contributed by atoms with van der Waals surface area (Å²) in [4.78, 5) is 29.6. The van der Waals surface area contributed by atoms with Gasteiger partial charge in [0.25, 0.3) is 0 Å². The molecule has 1 aromatic rings. The molecule has 0 saturated carbocycles. The molecule has 158 valence electrons. The Balaban J connectivity index is 1.49. The minimum atomic E-state index is -0.732. The average molecular weight is 401 g/mol. The summed E-state index contributed by atoms with van der Waals surface area (Å²) in [6, 6.07) is 6.02. The Morgan fingerprint density at radius 1 is 1.21 bits per heavy atom. The lowest BCUT2D eigenvalue weighted by Gasteiger charge is -2.48. The third-order valence-corrected chi connectivity index (χ3v) is 7.14. The van der Waals surface area contributed by atoms with Crippen molar-refractivity contribution in [3.05, 3.63) is 34.9 Å². The Hall–Kier alpha value is -1.75. The number of hydrogen-bond donors (Lipinski definition) is 0. The number of Topliss-reactive ketones (excluding diaryl/α,β-unsaturated/α-hetero) is 1. The molecule has 2 atom stereocenters. The van der Waals surface area contributed by atoms with Crippen LogP contribution in [0, 0.1) is 5.41 Å². The number of hydrogen-bond acceptors (Lipinski definition) is 3. The highest BCUT2D eigenvalue weighted by Gasteiger charge is 2.41. The maximum Gasteiger partial charge on any atom is 0.227 e. The van der Waals surface area contributed by atoms with Crippen LogP contribution in [0.2, 0.25) is 0 Å². The average Bonchev–Trinajstić information content (AvgIpc) is 3.08. The number of nitrogens with zero attached hydrogens (tertiary/aromatic N) is 2. The van der Waals surface area contributed by atoms with Crippen LogP contribution in [-0.2, 0) is 17.6 Å². The molecule has 29 heavy (non-hydrogen) atoms. The van der Waals surface area contributed by atoms with E-state index >= 15 is 0 Å².